The molecule has 1 saturated heterocycles. The van der Waals surface area contributed by atoms with E-state index in [-0.39, 0.29) is 5.92 Å². The molecule has 0 bridgehead atoms. The first-order valence-corrected chi connectivity index (χ1v) is 12.1. The molecule has 0 spiro atoms. The summed E-state index contributed by atoms with van der Waals surface area (Å²) >= 11 is 0. The summed E-state index contributed by atoms with van der Waals surface area (Å²) in [6, 6.07) is 12.9. The van der Waals surface area contributed by atoms with Crippen LogP contribution in [0.2, 0.25) is 0 Å². The summed E-state index contributed by atoms with van der Waals surface area (Å²) in [5.74, 6) is 2.06. The largest absolute Gasteiger partial charge is 0.497 e. The van der Waals surface area contributed by atoms with Gasteiger partial charge in [-0.3, -0.25) is 0 Å². The Bertz CT molecular complexity index is 1220. The summed E-state index contributed by atoms with van der Waals surface area (Å²) in [5.41, 5.74) is 3.20. The molecule has 0 amide bonds. The first kappa shape index (κ1) is 22.4. The highest BCUT2D eigenvalue weighted by atomic mass is 32.2. The Morgan fingerprint density at radius 2 is 1.94 bits per heavy atom. The third kappa shape index (κ3) is 4.12. The van der Waals surface area contributed by atoms with Crippen molar-refractivity contribution in [2.45, 2.75) is 37.5 Å². The lowest BCUT2D eigenvalue weighted by Gasteiger charge is -2.20. The molecule has 3 aromatic rings. The normalized spacial score (nSPS) is 16.9. The van der Waals surface area contributed by atoms with Crippen molar-refractivity contribution in [2.24, 2.45) is 0 Å². The highest BCUT2D eigenvalue weighted by Crippen LogP contribution is 2.38. The number of rotatable bonds is 7. The summed E-state index contributed by atoms with van der Waals surface area (Å²) in [5, 5.41) is 3.92. The summed E-state index contributed by atoms with van der Waals surface area (Å²) in [6.07, 6.45) is 1.33. The number of aryl methyl sites for hydroxylation is 2. The molecule has 0 radical (unpaired) electrons. The zero-order chi connectivity index (χ0) is 22.9. The fourth-order valence-corrected chi connectivity index (χ4v) is 6.06. The monoisotopic (exact) mass is 456 g/mol. The number of nitrogens with zero attached hydrogens (tertiary/aromatic N) is 2. The fourth-order valence-electron chi connectivity index (χ4n) is 4.24. The Balaban J connectivity index is 1.66. The van der Waals surface area contributed by atoms with Crippen LogP contribution in [0.25, 0.3) is 11.3 Å². The Hall–Kier alpha value is -2.84. The second-order valence-electron chi connectivity index (χ2n) is 7.97. The van der Waals surface area contributed by atoms with Crippen LogP contribution < -0.4 is 9.47 Å². The van der Waals surface area contributed by atoms with Crippen LogP contribution in [0.15, 0.2) is 51.9 Å². The van der Waals surface area contributed by atoms with Crippen molar-refractivity contribution >= 4 is 10.0 Å². The van der Waals surface area contributed by atoms with E-state index >= 15 is 0 Å². The molecule has 1 aromatic heterocycles. The third-order valence-electron chi connectivity index (χ3n) is 6.01. The minimum atomic E-state index is -3.68. The molecule has 7 nitrogen and oxygen atoms in total. The molecule has 1 atom stereocenters. The van der Waals surface area contributed by atoms with Gasteiger partial charge in [-0.15, -0.1) is 0 Å². The van der Waals surface area contributed by atoms with Crippen LogP contribution in [0, 0.1) is 6.92 Å². The van der Waals surface area contributed by atoms with Crippen LogP contribution in [0.4, 0.5) is 0 Å². The molecule has 0 saturated carbocycles. The maximum atomic E-state index is 13.7. The van der Waals surface area contributed by atoms with Gasteiger partial charge in [0, 0.05) is 36.2 Å². The lowest BCUT2D eigenvalue weighted by Crippen LogP contribution is -2.29. The van der Waals surface area contributed by atoms with E-state index in [1.807, 2.05) is 44.2 Å². The lowest BCUT2D eigenvalue weighted by atomic mass is 9.97. The van der Waals surface area contributed by atoms with Crippen molar-refractivity contribution in [2.75, 3.05) is 27.3 Å². The lowest BCUT2D eigenvalue weighted by molar-refractivity contribution is 0.394. The van der Waals surface area contributed by atoms with Gasteiger partial charge in [0.25, 0.3) is 0 Å². The molecular weight excluding hydrogens is 428 g/mol. The van der Waals surface area contributed by atoms with Crippen molar-refractivity contribution in [1.29, 1.82) is 0 Å². The van der Waals surface area contributed by atoms with Crippen molar-refractivity contribution in [3.63, 3.8) is 0 Å². The predicted molar refractivity (Wildman–Crippen MR) is 122 cm³/mol. The Morgan fingerprint density at radius 3 is 2.59 bits per heavy atom. The van der Waals surface area contributed by atoms with Gasteiger partial charge in [0.1, 0.15) is 11.5 Å². The number of sulfonamides is 1. The van der Waals surface area contributed by atoms with Gasteiger partial charge < -0.3 is 14.0 Å². The molecule has 1 aliphatic heterocycles. The van der Waals surface area contributed by atoms with Gasteiger partial charge in [0.2, 0.25) is 10.0 Å². The topological polar surface area (TPSA) is 81.9 Å². The summed E-state index contributed by atoms with van der Waals surface area (Å²) < 4.78 is 45.2. The fraction of sp³-hybridized carbons (Fsp3) is 0.375. The van der Waals surface area contributed by atoms with E-state index in [2.05, 4.69) is 5.16 Å². The zero-order valence-corrected chi connectivity index (χ0v) is 19.6. The summed E-state index contributed by atoms with van der Waals surface area (Å²) in [6.45, 7) is 4.63. The first-order valence-electron chi connectivity index (χ1n) is 10.7. The smallest absolute Gasteiger partial charge is 0.243 e. The van der Waals surface area contributed by atoms with E-state index in [9.17, 15) is 8.42 Å². The van der Waals surface area contributed by atoms with Gasteiger partial charge in [-0.2, -0.15) is 4.31 Å². The average molecular weight is 457 g/mol. The number of benzene rings is 2. The SMILES string of the molecule is CCc1ccc(-c2cc(C)no2)cc1S(=O)(=O)N1CC[C@@H](c2cc(OC)ccc2OC)C1. The van der Waals surface area contributed by atoms with E-state index < -0.39 is 10.0 Å². The molecular formula is C24H28N2O5S. The second kappa shape index (κ2) is 8.96. The first-order chi connectivity index (χ1) is 15.4. The van der Waals surface area contributed by atoms with Crippen LogP contribution in [-0.4, -0.2) is 45.2 Å². The van der Waals surface area contributed by atoms with Crippen molar-refractivity contribution in [3.8, 4) is 22.8 Å². The van der Waals surface area contributed by atoms with E-state index in [4.69, 9.17) is 14.0 Å². The van der Waals surface area contributed by atoms with Gasteiger partial charge in [0.15, 0.2) is 5.76 Å². The third-order valence-corrected chi connectivity index (χ3v) is 7.95. The van der Waals surface area contributed by atoms with Crippen molar-refractivity contribution in [3.05, 3.63) is 59.3 Å². The average Bonchev–Trinajstić information content (AvgIpc) is 3.48. The molecule has 1 fully saturated rings. The minimum absolute atomic E-state index is 0.0278. The van der Waals surface area contributed by atoms with Gasteiger partial charge in [-0.1, -0.05) is 24.2 Å². The Labute approximate surface area is 189 Å². The molecule has 32 heavy (non-hydrogen) atoms. The maximum Gasteiger partial charge on any atom is 0.243 e. The number of aromatic nitrogens is 1. The van der Waals surface area contributed by atoms with Crippen molar-refractivity contribution < 1.29 is 22.4 Å². The van der Waals surface area contributed by atoms with Crippen LogP contribution >= 0.6 is 0 Å². The van der Waals surface area contributed by atoms with Gasteiger partial charge in [-0.05, 0) is 49.6 Å². The zero-order valence-electron chi connectivity index (χ0n) is 18.8. The van der Waals surface area contributed by atoms with E-state index in [0.717, 1.165) is 28.3 Å². The standard InChI is InChI=1S/C24H28N2O5S/c1-5-17-6-7-18(23-12-16(2)25-31-23)13-24(17)32(27,28)26-11-10-19(15-26)21-14-20(29-3)8-9-22(21)30-4/h6-9,12-14,19H,5,10-11,15H2,1-4H3/t19-/m1/s1. The highest BCUT2D eigenvalue weighted by molar-refractivity contribution is 7.89. The molecule has 0 N–H and O–H groups in total. The molecule has 2 aromatic carbocycles. The Kier molecular flexibility index (Phi) is 6.26. The highest BCUT2D eigenvalue weighted by Gasteiger charge is 2.35. The van der Waals surface area contributed by atoms with Crippen LogP contribution in [-0.2, 0) is 16.4 Å². The molecule has 4 rings (SSSR count). The van der Waals surface area contributed by atoms with Gasteiger partial charge in [-0.25, -0.2) is 8.42 Å². The molecule has 0 aliphatic carbocycles. The predicted octanol–water partition coefficient (Wildman–Crippen LogP) is 4.41. The summed E-state index contributed by atoms with van der Waals surface area (Å²) in [7, 11) is -0.441. The molecule has 8 heteroatoms. The molecule has 170 valence electrons. The maximum absolute atomic E-state index is 13.7. The molecule has 0 unspecified atom stereocenters. The number of hydrogen-bond acceptors (Lipinski definition) is 6. The van der Waals surface area contributed by atoms with Gasteiger partial charge >= 0.3 is 0 Å². The minimum Gasteiger partial charge on any atom is -0.497 e. The van der Waals surface area contributed by atoms with E-state index in [1.165, 1.54) is 0 Å². The second-order valence-corrected chi connectivity index (χ2v) is 9.87. The number of ether oxygens (including phenoxy) is 2. The Morgan fingerprint density at radius 1 is 1.12 bits per heavy atom. The van der Waals surface area contributed by atoms with Gasteiger partial charge in [0.05, 0.1) is 24.8 Å². The quantitative estimate of drug-likeness (QED) is 0.524. The van der Waals surface area contributed by atoms with Crippen LogP contribution in [0.3, 0.4) is 0 Å². The number of methoxy groups -OCH3 is 2. The summed E-state index contributed by atoms with van der Waals surface area (Å²) in [4.78, 5) is 0.324. The van der Waals surface area contributed by atoms with E-state index in [0.29, 0.717) is 42.2 Å². The van der Waals surface area contributed by atoms with E-state index in [1.54, 1.807) is 30.7 Å². The van der Waals surface area contributed by atoms with Crippen molar-refractivity contribution in [1.82, 2.24) is 9.46 Å². The van der Waals surface area contributed by atoms with Crippen LogP contribution in [0.1, 0.15) is 36.1 Å². The molecule has 1 aliphatic rings. The van der Waals surface area contributed by atoms with Crippen LogP contribution in [0.5, 0.6) is 11.5 Å². The molecule has 2 heterocycles. The number of hydrogen-bond donors (Lipinski definition) is 0.